The first-order valence-corrected chi connectivity index (χ1v) is 13.3. The Bertz CT molecular complexity index is 1330. The fourth-order valence-electron chi connectivity index (χ4n) is 4.03. The Labute approximate surface area is 200 Å². The van der Waals surface area contributed by atoms with Gasteiger partial charge in [0.25, 0.3) is 5.91 Å². The molecule has 1 aromatic heterocycles. The van der Waals surface area contributed by atoms with Gasteiger partial charge in [-0.05, 0) is 56.0 Å². The van der Waals surface area contributed by atoms with Crippen LogP contribution in [0.25, 0.3) is 10.2 Å². The number of rotatable bonds is 7. The Morgan fingerprint density at radius 3 is 2.56 bits per heavy atom. The van der Waals surface area contributed by atoms with E-state index in [-0.39, 0.29) is 39.8 Å². The molecule has 34 heavy (non-hydrogen) atoms. The highest BCUT2D eigenvalue weighted by atomic mass is 32.2. The minimum Gasteiger partial charge on any atom is -0.376 e. The van der Waals surface area contributed by atoms with Gasteiger partial charge in [-0.15, -0.1) is 0 Å². The molecule has 1 amide bonds. The minimum absolute atomic E-state index is 0.00362. The first-order valence-electron chi connectivity index (χ1n) is 11.0. The number of fused-ring (bicyclic) bond motifs is 1. The van der Waals surface area contributed by atoms with Gasteiger partial charge in [0.15, 0.2) is 10.9 Å². The van der Waals surface area contributed by atoms with Crippen molar-refractivity contribution in [3.05, 3.63) is 53.6 Å². The summed E-state index contributed by atoms with van der Waals surface area (Å²) in [7, 11) is -2.07. The Balaban J connectivity index is 1.46. The highest BCUT2D eigenvalue weighted by Crippen LogP contribution is 2.33. The molecule has 1 saturated heterocycles. The van der Waals surface area contributed by atoms with Crippen LogP contribution in [0.15, 0.2) is 41.3 Å². The van der Waals surface area contributed by atoms with E-state index in [1.165, 1.54) is 39.5 Å². The third kappa shape index (κ3) is 4.45. The van der Waals surface area contributed by atoms with Crippen molar-refractivity contribution in [2.75, 3.05) is 25.1 Å². The molecule has 1 atom stereocenters. The topological polar surface area (TPSA) is 79.8 Å². The average molecular weight is 508 g/mol. The predicted octanol–water partition coefficient (Wildman–Crippen LogP) is 4.18. The maximum absolute atomic E-state index is 14.3. The van der Waals surface area contributed by atoms with Crippen LogP contribution in [0.1, 0.15) is 36.0 Å². The second-order valence-corrected chi connectivity index (χ2v) is 11.6. The lowest BCUT2D eigenvalue weighted by molar-refractivity contribution is 0.0917. The van der Waals surface area contributed by atoms with Gasteiger partial charge in [0.1, 0.15) is 11.3 Å². The summed E-state index contributed by atoms with van der Waals surface area (Å²) in [5.41, 5.74) is 0.257. The van der Waals surface area contributed by atoms with Crippen molar-refractivity contribution in [2.24, 2.45) is 0 Å². The van der Waals surface area contributed by atoms with E-state index in [2.05, 4.69) is 4.98 Å². The summed E-state index contributed by atoms with van der Waals surface area (Å²) in [4.78, 5) is 19.3. The van der Waals surface area contributed by atoms with Gasteiger partial charge in [-0.2, -0.15) is 4.31 Å². The number of thiazole rings is 1. The quantitative estimate of drug-likeness (QED) is 0.479. The van der Waals surface area contributed by atoms with Crippen molar-refractivity contribution in [2.45, 2.75) is 42.7 Å². The molecular formula is C23H23F2N3O4S2. The maximum atomic E-state index is 14.3. The minimum atomic E-state index is -3.63. The van der Waals surface area contributed by atoms with Gasteiger partial charge in [0.05, 0.1) is 22.2 Å². The predicted molar refractivity (Wildman–Crippen MR) is 125 cm³/mol. The second-order valence-electron chi connectivity index (χ2n) is 8.56. The molecule has 5 rings (SSSR count). The molecule has 0 radical (unpaired) electrons. The van der Waals surface area contributed by atoms with Gasteiger partial charge < -0.3 is 4.74 Å². The van der Waals surface area contributed by atoms with E-state index in [0.717, 1.165) is 43.1 Å². The van der Waals surface area contributed by atoms with E-state index in [4.69, 9.17) is 4.74 Å². The van der Waals surface area contributed by atoms with Gasteiger partial charge in [-0.1, -0.05) is 11.3 Å². The smallest absolute Gasteiger partial charge is 0.260 e. The van der Waals surface area contributed by atoms with Crippen LogP contribution in [0.2, 0.25) is 0 Å². The lowest BCUT2D eigenvalue weighted by Crippen LogP contribution is -2.37. The zero-order valence-corrected chi connectivity index (χ0v) is 20.0. The molecule has 3 aromatic rings. The van der Waals surface area contributed by atoms with E-state index in [0.29, 0.717) is 11.3 Å². The van der Waals surface area contributed by atoms with Gasteiger partial charge in [-0.25, -0.2) is 22.2 Å². The highest BCUT2D eigenvalue weighted by Gasteiger charge is 2.35. The molecule has 1 unspecified atom stereocenters. The van der Waals surface area contributed by atoms with Crippen molar-refractivity contribution in [3.8, 4) is 0 Å². The number of sulfonamides is 1. The molecule has 7 nitrogen and oxygen atoms in total. The van der Waals surface area contributed by atoms with Gasteiger partial charge in [0.2, 0.25) is 10.0 Å². The molecule has 0 spiro atoms. The number of nitrogens with zero attached hydrogens (tertiary/aromatic N) is 3. The zero-order chi connectivity index (χ0) is 24.0. The van der Waals surface area contributed by atoms with E-state index in [1.54, 1.807) is 7.05 Å². The number of halogens is 2. The third-order valence-corrected chi connectivity index (χ3v) is 9.08. The Morgan fingerprint density at radius 2 is 1.91 bits per heavy atom. The summed E-state index contributed by atoms with van der Waals surface area (Å²) in [6.07, 6.45) is 3.12. The van der Waals surface area contributed by atoms with E-state index in [9.17, 15) is 22.0 Å². The monoisotopic (exact) mass is 507 g/mol. The van der Waals surface area contributed by atoms with Gasteiger partial charge >= 0.3 is 0 Å². The fraction of sp³-hybridized carbons (Fsp3) is 0.391. The molecule has 0 N–H and O–H groups in total. The summed E-state index contributed by atoms with van der Waals surface area (Å²) in [6.45, 7) is 0.792. The molecule has 1 saturated carbocycles. The number of benzene rings is 2. The Hall–Kier alpha value is -2.47. The highest BCUT2D eigenvalue weighted by molar-refractivity contribution is 7.89. The summed E-state index contributed by atoms with van der Waals surface area (Å²) in [6, 6.07) is 7.73. The SMILES string of the molecule is CN(C1CC1)S(=O)(=O)c1ccc(C(=O)N(CC2CCCO2)c2nc3c(F)cc(F)cc3s2)cc1. The number of anilines is 1. The van der Waals surface area contributed by atoms with Crippen LogP contribution >= 0.6 is 11.3 Å². The molecule has 1 aliphatic heterocycles. The number of hydrogen-bond acceptors (Lipinski definition) is 6. The molecule has 2 fully saturated rings. The molecule has 2 aliphatic rings. The molecule has 2 heterocycles. The molecular weight excluding hydrogens is 484 g/mol. The van der Waals surface area contributed by atoms with Crippen molar-refractivity contribution < 1.29 is 26.7 Å². The summed E-state index contributed by atoms with van der Waals surface area (Å²) in [5, 5.41) is 0.227. The zero-order valence-electron chi connectivity index (χ0n) is 18.4. The van der Waals surface area contributed by atoms with Crippen LogP contribution in [-0.4, -0.2) is 56.0 Å². The molecule has 2 aromatic carbocycles. The lowest BCUT2D eigenvalue weighted by Gasteiger charge is -2.23. The van der Waals surface area contributed by atoms with Crippen molar-refractivity contribution in [1.29, 1.82) is 0 Å². The first-order chi connectivity index (χ1) is 16.2. The summed E-state index contributed by atoms with van der Waals surface area (Å²) < 4.78 is 60.8. The number of hydrogen-bond donors (Lipinski definition) is 0. The maximum Gasteiger partial charge on any atom is 0.260 e. The normalized spacial score (nSPS) is 18.6. The Morgan fingerprint density at radius 1 is 1.18 bits per heavy atom. The van der Waals surface area contributed by atoms with Gasteiger partial charge in [-0.3, -0.25) is 9.69 Å². The number of amides is 1. The van der Waals surface area contributed by atoms with Crippen LogP contribution in [0.3, 0.4) is 0 Å². The van der Waals surface area contributed by atoms with Crippen molar-refractivity contribution in [1.82, 2.24) is 9.29 Å². The van der Waals surface area contributed by atoms with E-state index >= 15 is 0 Å². The number of ether oxygens (including phenoxy) is 1. The Kier molecular flexibility index (Phi) is 6.13. The van der Waals surface area contributed by atoms with Crippen LogP contribution in [-0.2, 0) is 14.8 Å². The van der Waals surface area contributed by atoms with E-state index in [1.807, 2.05) is 0 Å². The summed E-state index contributed by atoms with van der Waals surface area (Å²) >= 11 is 1.02. The van der Waals surface area contributed by atoms with Crippen LogP contribution in [0.5, 0.6) is 0 Å². The lowest BCUT2D eigenvalue weighted by atomic mass is 10.2. The largest absolute Gasteiger partial charge is 0.376 e. The number of aromatic nitrogens is 1. The average Bonchev–Trinajstić information content (AvgIpc) is 3.36. The molecule has 180 valence electrons. The fourth-order valence-corrected chi connectivity index (χ4v) is 6.46. The number of carbonyl (C=O) groups is 1. The second kappa shape index (κ2) is 8.95. The molecule has 11 heteroatoms. The number of carbonyl (C=O) groups excluding carboxylic acids is 1. The van der Waals surface area contributed by atoms with Crippen LogP contribution in [0, 0.1) is 11.6 Å². The van der Waals surface area contributed by atoms with Crippen molar-refractivity contribution >= 4 is 42.6 Å². The first kappa shape index (κ1) is 23.3. The van der Waals surface area contributed by atoms with E-state index < -0.39 is 27.6 Å². The standard InChI is InChI=1S/C23H23F2N3O4S2/c1-27(16-6-7-16)34(30,31)18-8-4-14(5-9-18)22(29)28(13-17-3-2-10-32-17)23-26-21-19(25)11-15(24)12-20(21)33-23/h4-5,8-9,11-12,16-17H,2-3,6-7,10,13H2,1H3. The summed E-state index contributed by atoms with van der Waals surface area (Å²) in [5.74, 6) is -1.93. The van der Waals surface area contributed by atoms with Crippen molar-refractivity contribution in [3.63, 3.8) is 0 Å². The molecule has 0 bridgehead atoms. The van der Waals surface area contributed by atoms with Crippen LogP contribution < -0.4 is 4.90 Å². The molecule has 1 aliphatic carbocycles. The van der Waals surface area contributed by atoms with Crippen LogP contribution in [0.4, 0.5) is 13.9 Å². The van der Waals surface area contributed by atoms with Gasteiger partial charge in [0, 0.05) is 31.3 Å². The third-order valence-electron chi connectivity index (χ3n) is 6.13.